The van der Waals surface area contributed by atoms with Gasteiger partial charge in [0.15, 0.2) is 0 Å². The number of carboxylic acid groups (broad SMARTS) is 1. The van der Waals surface area contributed by atoms with Crippen molar-refractivity contribution in [2.45, 2.75) is 31.4 Å². The highest BCUT2D eigenvalue weighted by atomic mass is 35.5. The van der Waals surface area contributed by atoms with Crippen LogP contribution in [0.4, 0.5) is 5.82 Å². The zero-order valence-electron chi connectivity index (χ0n) is 18.7. The van der Waals surface area contributed by atoms with E-state index in [0.717, 1.165) is 37.9 Å². The summed E-state index contributed by atoms with van der Waals surface area (Å²) in [5.41, 5.74) is 7.32. The first-order chi connectivity index (χ1) is 15.8. The van der Waals surface area contributed by atoms with Crippen LogP contribution < -0.4 is 15.8 Å². The molecule has 0 saturated carbocycles. The number of nitrogens with two attached hydrogens (primary N) is 1. The number of nitrogen functional groups attached to an aromatic ring is 1. The number of halogens is 1. The van der Waals surface area contributed by atoms with E-state index < -0.39 is 5.97 Å². The van der Waals surface area contributed by atoms with Gasteiger partial charge in [0.2, 0.25) is 5.88 Å². The third-order valence-electron chi connectivity index (χ3n) is 5.81. The Hall–Kier alpha value is -2.88. The molecule has 0 aliphatic carbocycles. The number of nitrogens with one attached hydrogen (secondary N) is 1. The van der Waals surface area contributed by atoms with Gasteiger partial charge in [-0.05, 0) is 49.6 Å². The highest BCUT2D eigenvalue weighted by Gasteiger charge is 2.31. The lowest BCUT2D eigenvalue weighted by molar-refractivity contribution is 0.00615. The Morgan fingerprint density at radius 3 is 2.67 bits per heavy atom. The standard InChI is InChI=1S/C23H29ClN4O5/c1-32-19-13-28(10-3-4-14-5-7-15(8-6-14)23(30)31)11-9-18(19)26-21(29)16-12-17(24)20(25)27-22(16)33-2/h5-8,12,18-19H,3-4,9-11,13H2,1-2H3,(H2,25,27)(H,26,29)(H,30,31)/t18-,19+/m1/s1. The number of carbonyl (C=O) groups is 2. The number of likely N-dealkylation sites (tertiary alicyclic amines) is 1. The second-order valence-corrected chi connectivity index (χ2v) is 8.37. The van der Waals surface area contributed by atoms with Gasteiger partial charge in [-0.1, -0.05) is 23.7 Å². The monoisotopic (exact) mass is 476 g/mol. The number of nitrogens with zero attached hydrogens (tertiary/aromatic N) is 2. The number of carboxylic acids is 1. The van der Waals surface area contributed by atoms with Crippen LogP contribution in [-0.2, 0) is 11.2 Å². The molecular formula is C23H29ClN4O5. The number of benzene rings is 1. The van der Waals surface area contributed by atoms with Crippen LogP contribution in [-0.4, -0.2) is 72.9 Å². The Bertz CT molecular complexity index is 986. The normalized spacial score (nSPS) is 18.6. The van der Waals surface area contributed by atoms with Gasteiger partial charge in [-0.25, -0.2) is 4.79 Å². The van der Waals surface area contributed by atoms with Gasteiger partial charge in [-0.3, -0.25) is 4.79 Å². The van der Waals surface area contributed by atoms with Gasteiger partial charge in [0.25, 0.3) is 5.91 Å². The van der Waals surface area contributed by atoms with Crippen molar-refractivity contribution < 1.29 is 24.2 Å². The number of aromatic carboxylic acids is 1. The maximum absolute atomic E-state index is 12.9. The molecule has 33 heavy (non-hydrogen) atoms. The summed E-state index contributed by atoms with van der Waals surface area (Å²) in [6.45, 7) is 2.39. The Morgan fingerprint density at radius 1 is 1.30 bits per heavy atom. The van der Waals surface area contributed by atoms with Crippen LogP contribution in [0.3, 0.4) is 0 Å². The molecule has 2 atom stereocenters. The van der Waals surface area contributed by atoms with Crippen LogP contribution in [0.25, 0.3) is 0 Å². The number of hydrogen-bond acceptors (Lipinski definition) is 7. The quantitative estimate of drug-likeness (QED) is 0.503. The van der Waals surface area contributed by atoms with Crippen LogP contribution in [0.1, 0.15) is 39.1 Å². The van der Waals surface area contributed by atoms with E-state index in [2.05, 4.69) is 15.2 Å². The summed E-state index contributed by atoms with van der Waals surface area (Å²) in [6.07, 6.45) is 2.36. The van der Waals surface area contributed by atoms with Crippen LogP contribution in [0.2, 0.25) is 5.02 Å². The highest BCUT2D eigenvalue weighted by molar-refractivity contribution is 6.33. The fourth-order valence-corrected chi connectivity index (χ4v) is 4.11. The zero-order chi connectivity index (χ0) is 24.0. The van der Waals surface area contributed by atoms with Crippen molar-refractivity contribution in [3.05, 3.63) is 52.0 Å². The fourth-order valence-electron chi connectivity index (χ4n) is 3.96. The van der Waals surface area contributed by atoms with Gasteiger partial charge < -0.3 is 30.5 Å². The van der Waals surface area contributed by atoms with E-state index in [-0.39, 0.29) is 40.3 Å². The molecule has 0 bridgehead atoms. The molecule has 0 radical (unpaired) electrons. The number of aryl methyl sites for hydroxylation is 1. The van der Waals surface area contributed by atoms with Gasteiger partial charge in [0.05, 0.1) is 29.8 Å². The Balaban J connectivity index is 1.52. The van der Waals surface area contributed by atoms with Gasteiger partial charge >= 0.3 is 5.97 Å². The number of methoxy groups -OCH3 is 2. The van der Waals surface area contributed by atoms with E-state index in [9.17, 15) is 9.59 Å². The van der Waals surface area contributed by atoms with Gasteiger partial charge in [-0.15, -0.1) is 0 Å². The predicted molar refractivity (Wildman–Crippen MR) is 125 cm³/mol. The van der Waals surface area contributed by atoms with Crippen LogP contribution in [0.15, 0.2) is 30.3 Å². The summed E-state index contributed by atoms with van der Waals surface area (Å²) in [4.78, 5) is 30.2. The molecule has 1 aromatic heterocycles. The van der Waals surface area contributed by atoms with Crippen molar-refractivity contribution in [2.75, 3.05) is 39.6 Å². The number of carbonyl (C=O) groups excluding carboxylic acids is 1. The summed E-state index contributed by atoms with van der Waals surface area (Å²) in [5, 5.41) is 12.2. The van der Waals surface area contributed by atoms with Crippen molar-refractivity contribution >= 4 is 29.3 Å². The molecule has 2 heterocycles. The number of anilines is 1. The summed E-state index contributed by atoms with van der Waals surface area (Å²) in [6, 6.07) is 8.27. The molecule has 0 unspecified atom stereocenters. The molecule has 4 N–H and O–H groups in total. The van der Waals surface area contributed by atoms with E-state index in [0.29, 0.717) is 12.1 Å². The van der Waals surface area contributed by atoms with E-state index in [1.807, 2.05) is 12.1 Å². The molecule has 1 aliphatic heterocycles. The van der Waals surface area contributed by atoms with Crippen molar-refractivity contribution in [3.63, 3.8) is 0 Å². The first-order valence-corrected chi connectivity index (χ1v) is 11.1. The molecule has 2 aromatic rings. The molecule has 1 aliphatic rings. The first-order valence-electron chi connectivity index (χ1n) is 10.7. The minimum absolute atomic E-state index is 0.103. The number of ether oxygens (including phenoxy) is 2. The molecule has 178 valence electrons. The van der Waals surface area contributed by atoms with Gasteiger partial charge in [0.1, 0.15) is 11.4 Å². The van der Waals surface area contributed by atoms with Crippen LogP contribution in [0.5, 0.6) is 5.88 Å². The third-order valence-corrected chi connectivity index (χ3v) is 6.11. The molecule has 10 heteroatoms. The lowest BCUT2D eigenvalue weighted by Crippen LogP contribution is -2.55. The molecule has 0 spiro atoms. The maximum atomic E-state index is 12.9. The van der Waals surface area contributed by atoms with Crippen molar-refractivity contribution in [1.82, 2.24) is 15.2 Å². The number of rotatable bonds is 9. The molecule has 1 saturated heterocycles. The topological polar surface area (TPSA) is 127 Å². The second-order valence-electron chi connectivity index (χ2n) is 7.96. The number of piperidine rings is 1. The molecule has 1 amide bonds. The first kappa shape index (κ1) is 24.8. The van der Waals surface area contributed by atoms with Crippen molar-refractivity contribution in [1.29, 1.82) is 0 Å². The lowest BCUT2D eigenvalue weighted by atomic mass is 10.00. The van der Waals surface area contributed by atoms with Gasteiger partial charge in [-0.2, -0.15) is 4.98 Å². The summed E-state index contributed by atoms with van der Waals surface area (Å²) in [5.74, 6) is -1.04. The van der Waals surface area contributed by atoms with E-state index >= 15 is 0 Å². The molecular weight excluding hydrogens is 448 g/mol. The summed E-state index contributed by atoms with van der Waals surface area (Å²) < 4.78 is 10.8. The highest BCUT2D eigenvalue weighted by Crippen LogP contribution is 2.25. The largest absolute Gasteiger partial charge is 0.480 e. The summed E-state index contributed by atoms with van der Waals surface area (Å²) >= 11 is 6.04. The second kappa shape index (κ2) is 11.3. The minimum Gasteiger partial charge on any atom is -0.480 e. The predicted octanol–water partition coefficient (Wildman–Crippen LogP) is 2.48. The lowest BCUT2D eigenvalue weighted by Gasteiger charge is -2.38. The number of pyridine rings is 1. The zero-order valence-corrected chi connectivity index (χ0v) is 19.5. The summed E-state index contributed by atoms with van der Waals surface area (Å²) in [7, 11) is 3.06. The van der Waals surface area contributed by atoms with Crippen molar-refractivity contribution in [2.24, 2.45) is 0 Å². The average molecular weight is 477 g/mol. The molecule has 1 fully saturated rings. The molecule has 3 rings (SSSR count). The SMILES string of the molecule is COc1nc(N)c(Cl)cc1C(=O)N[C@@H]1CCN(CCCc2ccc(C(=O)O)cc2)C[C@@H]1OC. The van der Waals surface area contributed by atoms with Crippen molar-refractivity contribution in [3.8, 4) is 5.88 Å². The van der Waals surface area contributed by atoms with E-state index in [1.54, 1.807) is 19.2 Å². The van der Waals surface area contributed by atoms with Crippen LogP contribution in [0, 0.1) is 0 Å². The fraction of sp³-hybridized carbons (Fsp3) is 0.435. The molecule has 9 nitrogen and oxygen atoms in total. The van der Waals surface area contributed by atoms with Crippen LogP contribution >= 0.6 is 11.6 Å². The van der Waals surface area contributed by atoms with E-state index in [1.165, 1.54) is 13.2 Å². The van der Waals surface area contributed by atoms with Gasteiger partial charge in [0, 0.05) is 20.2 Å². The maximum Gasteiger partial charge on any atom is 0.335 e. The average Bonchev–Trinajstić information content (AvgIpc) is 2.81. The number of aromatic nitrogens is 1. The molecule has 1 aromatic carbocycles. The smallest absolute Gasteiger partial charge is 0.335 e. The van der Waals surface area contributed by atoms with E-state index in [4.69, 9.17) is 31.9 Å². The Kier molecular flexibility index (Phi) is 8.49. The number of amides is 1. The minimum atomic E-state index is -0.920. The number of hydrogen-bond donors (Lipinski definition) is 3. The Labute approximate surface area is 197 Å². The Morgan fingerprint density at radius 2 is 2.03 bits per heavy atom. The third kappa shape index (κ3) is 6.34.